The lowest BCUT2D eigenvalue weighted by atomic mass is 10.1. The topological polar surface area (TPSA) is 63.1 Å². The third-order valence-corrected chi connectivity index (χ3v) is 4.73. The number of hydrogen-bond acceptors (Lipinski definition) is 2. The monoisotopic (exact) mass is 317 g/mol. The first-order valence-corrected chi connectivity index (χ1v) is 7.09. The molecule has 1 saturated carbocycles. The summed E-state index contributed by atoms with van der Waals surface area (Å²) in [6.45, 7) is 2.42. The molecule has 1 aliphatic rings. The van der Waals surface area contributed by atoms with Gasteiger partial charge in [-0.15, -0.1) is 23.2 Å². The summed E-state index contributed by atoms with van der Waals surface area (Å²) >= 11 is 11.8. The lowest BCUT2D eigenvalue weighted by Gasteiger charge is -2.13. The van der Waals surface area contributed by atoms with Crippen LogP contribution in [0.5, 0.6) is 0 Å². The van der Waals surface area contributed by atoms with E-state index in [1.54, 1.807) is 36.9 Å². The second-order valence-electron chi connectivity index (χ2n) is 5.23. The maximum absolute atomic E-state index is 11.9. The molecule has 110 valence electrons. The zero-order valence-electron chi connectivity index (χ0n) is 11.4. The number of aryl methyl sites for hydroxylation is 1. The summed E-state index contributed by atoms with van der Waals surface area (Å²) in [5.41, 5.74) is -0.149. The number of hydrogen-bond donors (Lipinski definition) is 2. The van der Waals surface area contributed by atoms with Gasteiger partial charge < -0.3 is 15.2 Å². The number of carbonyl (C=O) groups is 2. The van der Waals surface area contributed by atoms with Crippen LogP contribution in [0.2, 0.25) is 0 Å². The van der Waals surface area contributed by atoms with Crippen molar-refractivity contribution in [1.82, 2.24) is 15.2 Å². The van der Waals surface area contributed by atoms with Crippen LogP contribution in [0.1, 0.15) is 23.8 Å². The Hall–Kier alpha value is -1.20. The predicted molar refractivity (Wildman–Crippen MR) is 77.9 cm³/mol. The average molecular weight is 318 g/mol. The molecule has 5 nitrogen and oxygen atoms in total. The quantitative estimate of drug-likeness (QED) is 0.638. The summed E-state index contributed by atoms with van der Waals surface area (Å²) in [5.74, 6) is -0.357. The van der Waals surface area contributed by atoms with Gasteiger partial charge in [0.1, 0.15) is 10.0 Å². The molecule has 0 aromatic carbocycles. The Balaban J connectivity index is 1.71. The van der Waals surface area contributed by atoms with Gasteiger partial charge in [0.15, 0.2) is 0 Å². The Morgan fingerprint density at radius 2 is 1.95 bits per heavy atom. The van der Waals surface area contributed by atoms with Crippen molar-refractivity contribution in [3.8, 4) is 0 Å². The predicted octanol–water partition coefficient (Wildman–Crippen LogP) is 1.45. The van der Waals surface area contributed by atoms with Crippen LogP contribution in [0.15, 0.2) is 18.3 Å². The Kier molecular flexibility index (Phi) is 4.02. The molecule has 20 heavy (non-hydrogen) atoms. The van der Waals surface area contributed by atoms with Crippen molar-refractivity contribution < 1.29 is 9.59 Å². The van der Waals surface area contributed by atoms with Gasteiger partial charge in [0.2, 0.25) is 5.91 Å². The molecule has 0 spiro atoms. The van der Waals surface area contributed by atoms with Crippen molar-refractivity contribution in [2.75, 3.05) is 13.1 Å². The number of nitrogens with zero attached hydrogens (tertiary/aromatic N) is 1. The second-order valence-corrected chi connectivity index (χ2v) is 6.71. The number of amides is 2. The molecule has 7 heteroatoms. The molecule has 1 aromatic heterocycles. The van der Waals surface area contributed by atoms with Gasteiger partial charge in [0, 0.05) is 26.3 Å². The van der Waals surface area contributed by atoms with Gasteiger partial charge in [-0.05, 0) is 25.5 Å². The SMILES string of the molecule is Cn1cccc1C(=O)NCCNC(=O)C1(C)CC1(Cl)Cl. The lowest BCUT2D eigenvalue weighted by molar-refractivity contribution is -0.125. The van der Waals surface area contributed by atoms with E-state index in [0.717, 1.165) is 0 Å². The van der Waals surface area contributed by atoms with Gasteiger partial charge in [-0.3, -0.25) is 9.59 Å². The van der Waals surface area contributed by atoms with Crippen LogP contribution in [0.3, 0.4) is 0 Å². The largest absolute Gasteiger partial charge is 0.354 e. The molecule has 0 bridgehead atoms. The van der Waals surface area contributed by atoms with E-state index in [1.807, 2.05) is 0 Å². The van der Waals surface area contributed by atoms with Crippen LogP contribution in [0.25, 0.3) is 0 Å². The van der Waals surface area contributed by atoms with Crippen LogP contribution in [-0.2, 0) is 11.8 Å². The van der Waals surface area contributed by atoms with Crippen molar-refractivity contribution in [3.63, 3.8) is 0 Å². The molecule has 1 aliphatic carbocycles. The van der Waals surface area contributed by atoms with Gasteiger partial charge >= 0.3 is 0 Å². The van der Waals surface area contributed by atoms with E-state index >= 15 is 0 Å². The third kappa shape index (κ3) is 2.79. The first kappa shape index (κ1) is 15.2. The average Bonchev–Trinajstić information content (AvgIpc) is 2.73. The first-order valence-electron chi connectivity index (χ1n) is 6.33. The summed E-state index contributed by atoms with van der Waals surface area (Å²) in [7, 11) is 1.80. The van der Waals surface area contributed by atoms with Crippen LogP contribution in [0.4, 0.5) is 0 Å². The Bertz CT molecular complexity index is 541. The first-order chi connectivity index (χ1) is 9.28. The maximum atomic E-state index is 11.9. The third-order valence-electron chi connectivity index (χ3n) is 3.63. The highest BCUT2D eigenvalue weighted by Crippen LogP contribution is 2.63. The fourth-order valence-electron chi connectivity index (χ4n) is 1.98. The van der Waals surface area contributed by atoms with E-state index in [1.165, 1.54) is 0 Å². The van der Waals surface area contributed by atoms with Gasteiger partial charge in [-0.25, -0.2) is 0 Å². The molecule has 1 aromatic rings. The summed E-state index contributed by atoms with van der Waals surface area (Å²) in [4.78, 5) is 23.7. The van der Waals surface area contributed by atoms with E-state index < -0.39 is 9.75 Å². The standard InChI is InChI=1S/C13H17Cl2N3O2/c1-12(8-13(12,14)15)11(20)17-6-5-16-10(19)9-4-3-7-18(9)2/h3-4,7H,5-6,8H2,1-2H3,(H,16,19)(H,17,20). The summed E-state index contributed by atoms with van der Waals surface area (Å²) < 4.78 is 0.762. The summed E-state index contributed by atoms with van der Waals surface area (Å²) in [6, 6.07) is 3.53. The van der Waals surface area contributed by atoms with Crippen molar-refractivity contribution in [2.24, 2.45) is 12.5 Å². The molecule has 2 rings (SSSR count). The summed E-state index contributed by atoms with van der Waals surface area (Å²) in [6.07, 6.45) is 2.25. The Morgan fingerprint density at radius 3 is 2.45 bits per heavy atom. The van der Waals surface area contributed by atoms with Gasteiger partial charge in [-0.2, -0.15) is 0 Å². The molecule has 2 N–H and O–H groups in total. The van der Waals surface area contributed by atoms with E-state index in [0.29, 0.717) is 25.2 Å². The molecule has 1 unspecified atom stereocenters. The molecular formula is C13H17Cl2N3O2. The maximum Gasteiger partial charge on any atom is 0.267 e. The van der Waals surface area contributed by atoms with Gasteiger partial charge in [0.05, 0.1) is 5.41 Å². The highest BCUT2D eigenvalue weighted by molar-refractivity contribution is 6.53. The van der Waals surface area contributed by atoms with Crippen molar-refractivity contribution in [2.45, 2.75) is 17.7 Å². The number of carbonyl (C=O) groups excluding carboxylic acids is 2. The van der Waals surface area contributed by atoms with Gasteiger partial charge in [-0.1, -0.05) is 0 Å². The molecule has 2 amide bonds. The normalized spacial score (nSPS) is 23.2. The number of nitrogens with one attached hydrogen (secondary N) is 2. The van der Waals surface area contributed by atoms with Crippen LogP contribution in [0, 0.1) is 5.41 Å². The minimum Gasteiger partial charge on any atom is -0.354 e. The molecule has 1 atom stereocenters. The summed E-state index contributed by atoms with van der Waals surface area (Å²) in [5, 5.41) is 5.46. The van der Waals surface area contributed by atoms with Crippen LogP contribution >= 0.6 is 23.2 Å². The number of rotatable bonds is 5. The molecule has 0 radical (unpaired) electrons. The van der Waals surface area contributed by atoms with E-state index in [2.05, 4.69) is 10.6 Å². The van der Waals surface area contributed by atoms with Crippen molar-refractivity contribution >= 4 is 35.0 Å². The second kappa shape index (κ2) is 5.30. The number of alkyl halides is 2. The lowest BCUT2D eigenvalue weighted by Crippen LogP contribution is -2.39. The van der Waals surface area contributed by atoms with E-state index in [-0.39, 0.29) is 11.8 Å². The van der Waals surface area contributed by atoms with Crippen molar-refractivity contribution in [1.29, 1.82) is 0 Å². The molecule has 1 heterocycles. The highest BCUT2D eigenvalue weighted by atomic mass is 35.5. The number of halogens is 2. The van der Waals surface area contributed by atoms with E-state index in [4.69, 9.17) is 23.2 Å². The fourth-order valence-corrected chi connectivity index (χ4v) is 2.69. The van der Waals surface area contributed by atoms with Crippen molar-refractivity contribution in [3.05, 3.63) is 24.0 Å². The highest BCUT2D eigenvalue weighted by Gasteiger charge is 2.67. The minimum absolute atomic E-state index is 0.173. The van der Waals surface area contributed by atoms with Crippen LogP contribution in [-0.4, -0.2) is 33.8 Å². The Labute approximate surface area is 127 Å². The molecule has 0 aliphatic heterocycles. The molecule has 1 fully saturated rings. The fraction of sp³-hybridized carbons (Fsp3) is 0.538. The Morgan fingerprint density at radius 1 is 1.35 bits per heavy atom. The van der Waals surface area contributed by atoms with Gasteiger partial charge in [0.25, 0.3) is 5.91 Å². The molecular weight excluding hydrogens is 301 g/mol. The minimum atomic E-state index is -0.969. The zero-order valence-corrected chi connectivity index (χ0v) is 12.9. The smallest absolute Gasteiger partial charge is 0.267 e. The van der Waals surface area contributed by atoms with Crippen LogP contribution < -0.4 is 10.6 Å². The molecule has 0 saturated heterocycles. The zero-order chi connectivity index (χ0) is 15.0. The number of aromatic nitrogens is 1. The van der Waals surface area contributed by atoms with E-state index in [9.17, 15) is 9.59 Å².